The van der Waals surface area contributed by atoms with Crippen molar-refractivity contribution in [2.24, 2.45) is 11.8 Å². The predicted octanol–water partition coefficient (Wildman–Crippen LogP) is 4.98. The van der Waals surface area contributed by atoms with Crippen LogP contribution < -0.4 is 0 Å². The minimum Gasteiger partial charge on any atom is -0.356 e. The Bertz CT molecular complexity index is 563. The summed E-state index contributed by atoms with van der Waals surface area (Å²) in [4.78, 5) is 14.0. The lowest BCUT2D eigenvalue weighted by molar-refractivity contribution is -0.191. The van der Waals surface area contributed by atoms with Crippen LogP contribution in [0.3, 0.4) is 0 Å². The summed E-state index contributed by atoms with van der Waals surface area (Å²) in [5.41, 5.74) is 0. The lowest BCUT2D eigenvalue weighted by Gasteiger charge is -2.33. The molecule has 1 aromatic rings. The Labute approximate surface area is 173 Å². The van der Waals surface area contributed by atoms with E-state index < -0.39 is 0 Å². The minimum atomic E-state index is -0.376. The van der Waals surface area contributed by atoms with Crippen LogP contribution >= 0.6 is 11.8 Å². The van der Waals surface area contributed by atoms with E-state index in [2.05, 4.69) is 26.0 Å². The Morgan fingerprint density at radius 1 is 1.21 bits per heavy atom. The first-order valence-corrected chi connectivity index (χ1v) is 11.3. The second-order valence-corrected chi connectivity index (χ2v) is 9.26. The second-order valence-electron chi connectivity index (χ2n) is 7.75. The number of benzene rings is 1. The Morgan fingerprint density at radius 3 is 2.54 bits per heavy atom. The van der Waals surface area contributed by atoms with Gasteiger partial charge in [-0.25, -0.2) is 5.06 Å². The molecular weight excluding hydrogens is 374 g/mol. The molecule has 0 aromatic heterocycles. The number of amides is 1. The Kier molecular flexibility index (Phi) is 10.3. The third-order valence-electron chi connectivity index (χ3n) is 5.30. The minimum absolute atomic E-state index is 0.0762. The molecule has 0 spiro atoms. The van der Waals surface area contributed by atoms with Gasteiger partial charge in [0, 0.05) is 22.7 Å². The number of thioether (sulfide) groups is 1. The molecule has 1 N–H and O–H groups in total. The van der Waals surface area contributed by atoms with Gasteiger partial charge in [0.05, 0.1) is 12.6 Å². The van der Waals surface area contributed by atoms with Gasteiger partial charge in [-0.2, -0.15) is 0 Å². The third kappa shape index (κ3) is 7.74. The molecule has 2 rings (SSSR count). The molecule has 1 amide bonds. The van der Waals surface area contributed by atoms with Crippen molar-refractivity contribution in [2.75, 3.05) is 20.0 Å². The molecule has 0 saturated heterocycles. The van der Waals surface area contributed by atoms with Crippen molar-refractivity contribution in [1.82, 2.24) is 5.06 Å². The largest absolute Gasteiger partial charge is 0.356 e. The van der Waals surface area contributed by atoms with Gasteiger partial charge in [0.15, 0.2) is 0 Å². The summed E-state index contributed by atoms with van der Waals surface area (Å²) in [6.07, 6.45) is 4.47. The fourth-order valence-electron chi connectivity index (χ4n) is 3.60. The van der Waals surface area contributed by atoms with Crippen molar-refractivity contribution >= 4 is 17.7 Å². The predicted molar refractivity (Wildman–Crippen MR) is 112 cm³/mol. The molecule has 2 atom stereocenters. The maximum atomic E-state index is 12.9. The summed E-state index contributed by atoms with van der Waals surface area (Å²) < 4.78 is 10.8. The van der Waals surface area contributed by atoms with Crippen LogP contribution in [0.2, 0.25) is 0 Å². The van der Waals surface area contributed by atoms with Crippen molar-refractivity contribution in [1.29, 1.82) is 0 Å². The smallest absolute Gasteiger partial charge is 0.249 e. The lowest BCUT2D eigenvalue weighted by atomic mass is 9.82. The van der Waals surface area contributed by atoms with E-state index in [1.165, 1.54) is 4.90 Å². The van der Waals surface area contributed by atoms with E-state index in [1.807, 2.05) is 25.1 Å². The molecule has 1 aliphatic carbocycles. The molecule has 1 saturated carbocycles. The number of hydrogen-bond acceptors (Lipinski definition) is 5. The molecule has 0 heterocycles. The first-order chi connectivity index (χ1) is 13.5. The summed E-state index contributed by atoms with van der Waals surface area (Å²) in [6.45, 7) is 7.28. The van der Waals surface area contributed by atoms with Crippen LogP contribution in [0, 0.1) is 11.8 Å². The van der Waals surface area contributed by atoms with Gasteiger partial charge in [0.2, 0.25) is 5.91 Å². The molecule has 158 valence electrons. The molecule has 0 radical (unpaired) electrons. The first kappa shape index (κ1) is 23.2. The standard InChI is InChI=1S/C22H35NO4S/c1-4-26-16-27-15-20(14-18(3)28-21-8-6-5-7-9-21)23(25)22(24)19-12-10-17(2)11-13-19/h5-9,17-20,25H,4,10-16H2,1-3H3/t17?,18-,19?,20-/m0/s1. The van der Waals surface area contributed by atoms with Gasteiger partial charge in [0.25, 0.3) is 0 Å². The molecule has 6 heteroatoms. The summed E-state index contributed by atoms with van der Waals surface area (Å²) in [5.74, 6) is 0.435. The normalized spacial score (nSPS) is 21.9. The molecule has 5 nitrogen and oxygen atoms in total. The topological polar surface area (TPSA) is 59.0 Å². The van der Waals surface area contributed by atoms with Gasteiger partial charge in [-0.05, 0) is 57.1 Å². The van der Waals surface area contributed by atoms with Gasteiger partial charge in [0.1, 0.15) is 6.79 Å². The van der Waals surface area contributed by atoms with Crippen molar-refractivity contribution in [2.45, 2.75) is 69.1 Å². The van der Waals surface area contributed by atoms with Crippen LogP contribution in [-0.2, 0) is 14.3 Å². The second kappa shape index (κ2) is 12.5. The quantitative estimate of drug-likeness (QED) is 0.184. The van der Waals surface area contributed by atoms with Crippen LogP contribution in [0.4, 0.5) is 0 Å². The van der Waals surface area contributed by atoms with Gasteiger partial charge in [-0.15, -0.1) is 11.8 Å². The maximum Gasteiger partial charge on any atom is 0.249 e. The average Bonchev–Trinajstić information content (AvgIpc) is 2.70. The highest BCUT2D eigenvalue weighted by Crippen LogP contribution is 2.31. The van der Waals surface area contributed by atoms with E-state index >= 15 is 0 Å². The van der Waals surface area contributed by atoms with Crippen LogP contribution in [0.25, 0.3) is 0 Å². The van der Waals surface area contributed by atoms with Crippen LogP contribution in [0.5, 0.6) is 0 Å². The SMILES string of the molecule is CCOCOC[C@H](C[C@H](C)Sc1ccccc1)N(O)C(=O)C1CCC(C)CC1. The fraction of sp³-hybridized carbons (Fsp3) is 0.682. The summed E-state index contributed by atoms with van der Waals surface area (Å²) in [6, 6.07) is 9.81. The third-order valence-corrected chi connectivity index (χ3v) is 6.44. The van der Waals surface area contributed by atoms with E-state index in [1.54, 1.807) is 11.8 Å². The van der Waals surface area contributed by atoms with Gasteiger partial charge in [-0.1, -0.05) is 32.0 Å². The van der Waals surface area contributed by atoms with E-state index in [9.17, 15) is 10.0 Å². The lowest BCUT2D eigenvalue weighted by Crippen LogP contribution is -2.45. The monoisotopic (exact) mass is 409 g/mol. The van der Waals surface area contributed by atoms with Gasteiger partial charge < -0.3 is 9.47 Å². The Hall–Kier alpha value is -1.08. The van der Waals surface area contributed by atoms with Gasteiger partial charge >= 0.3 is 0 Å². The zero-order valence-electron chi connectivity index (χ0n) is 17.4. The highest BCUT2D eigenvalue weighted by molar-refractivity contribution is 7.99. The zero-order chi connectivity index (χ0) is 20.4. The van der Waals surface area contributed by atoms with Crippen LogP contribution in [0.1, 0.15) is 52.9 Å². The number of ether oxygens (including phenoxy) is 2. The molecule has 0 bridgehead atoms. The van der Waals surface area contributed by atoms with Crippen molar-refractivity contribution in [3.05, 3.63) is 30.3 Å². The number of nitrogens with zero attached hydrogens (tertiary/aromatic N) is 1. The molecule has 1 aromatic carbocycles. The van der Waals surface area contributed by atoms with Gasteiger partial charge in [-0.3, -0.25) is 10.0 Å². The zero-order valence-corrected chi connectivity index (χ0v) is 18.2. The summed E-state index contributed by atoms with van der Waals surface area (Å²) in [7, 11) is 0. The molecule has 0 aliphatic heterocycles. The molecule has 0 unspecified atom stereocenters. The Morgan fingerprint density at radius 2 is 1.89 bits per heavy atom. The number of hydroxylamine groups is 2. The first-order valence-electron chi connectivity index (χ1n) is 10.4. The van der Waals surface area contributed by atoms with Crippen molar-refractivity contribution < 1.29 is 19.5 Å². The number of carbonyl (C=O) groups excluding carboxylic acids is 1. The molecule has 1 aliphatic rings. The van der Waals surface area contributed by atoms with E-state index in [4.69, 9.17) is 9.47 Å². The van der Waals surface area contributed by atoms with Crippen molar-refractivity contribution in [3.8, 4) is 0 Å². The highest BCUT2D eigenvalue weighted by Gasteiger charge is 2.32. The number of rotatable bonds is 11. The highest BCUT2D eigenvalue weighted by atomic mass is 32.2. The Balaban J connectivity index is 1.95. The van der Waals surface area contributed by atoms with Crippen molar-refractivity contribution in [3.63, 3.8) is 0 Å². The number of hydrogen-bond donors (Lipinski definition) is 1. The maximum absolute atomic E-state index is 12.9. The summed E-state index contributed by atoms with van der Waals surface area (Å²) >= 11 is 1.74. The van der Waals surface area contributed by atoms with Crippen LogP contribution in [-0.4, -0.2) is 47.5 Å². The molecular formula is C22H35NO4S. The van der Waals surface area contributed by atoms with E-state index in [-0.39, 0.29) is 36.5 Å². The number of carbonyl (C=O) groups is 1. The molecule has 28 heavy (non-hydrogen) atoms. The summed E-state index contributed by atoms with van der Waals surface area (Å²) in [5, 5.41) is 11.9. The average molecular weight is 410 g/mol. The van der Waals surface area contributed by atoms with Crippen LogP contribution in [0.15, 0.2) is 35.2 Å². The van der Waals surface area contributed by atoms with E-state index in [0.29, 0.717) is 18.9 Å². The molecule has 1 fully saturated rings. The fourth-order valence-corrected chi connectivity index (χ4v) is 4.70. The van der Waals surface area contributed by atoms with E-state index in [0.717, 1.165) is 30.7 Å².